The number of rotatable bonds is 12. The maximum Gasteiger partial charge on any atom is 1.00 e. The van der Waals surface area contributed by atoms with Gasteiger partial charge in [0, 0.05) is 10.3 Å². The number of carbonyl (C=O) groups excluding carboxylic acids is 3. The summed E-state index contributed by atoms with van der Waals surface area (Å²) in [4.78, 5) is 45.4. The number of benzene rings is 1. The van der Waals surface area contributed by atoms with Crippen LogP contribution in [0, 0.1) is 5.82 Å². The second-order valence-electron chi connectivity index (χ2n) is 11.1. The Labute approximate surface area is 256 Å². The molecule has 2 saturated heterocycles. The van der Waals surface area contributed by atoms with Gasteiger partial charge in [-0.05, 0) is 64.5 Å². The van der Waals surface area contributed by atoms with Crippen molar-refractivity contribution in [2.75, 3.05) is 0 Å². The minimum Gasteiger partial charge on any atom is -0.548 e. The molecule has 8 nitrogen and oxygen atoms in total. The number of hydrogen-bond donors (Lipinski definition) is 1. The Morgan fingerprint density at radius 3 is 2.49 bits per heavy atom. The average molecular weight is 570 g/mol. The molecule has 0 unspecified atom stereocenters. The third kappa shape index (κ3) is 6.82. The molecule has 4 rings (SSSR count). The number of thioether (sulfide) groups is 1. The standard InChI is InChI=1S/C28H38FN3O5S.Na/c1-4-5-6-7-10-15-28(16-11-12-17-28)37-31-20(18-13-8-9-14-19(18)29)23(33)30-21-24(34)32-22(26(35)36)27(2,3)38-25(21)32;/h8-9,13-14,21-22,25H,4-7,10-12,15-17H2,1-3H3,(H,30,33)(H,35,36);/q;+1/p-1/b31-20-;/t21-,22-,25+;/m0./s1. The number of carbonyl (C=O) groups is 3. The number of unbranched alkanes of at least 4 members (excludes halogenated alkanes) is 4. The molecule has 208 valence electrons. The number of nitrogens with zero attached hydrogens (tertiary/aromatic N) is 2. The Hall–Kier alpha value is -1.62. The Bertz CT molecular complexity index is 1090. The van der Waals surface area contributed by atoms with E-state index in [4.69, 9.17) is 4.84 Å². The first-order valence-corrected chi connectivity index (χ1v) is 14.5. The van der Waals surface area contributed by atoms with Gasteiger partial charge in [-0.1, -0.05) is 49.9 Å². The van der Waals surface area contributed by atoms with Gasteiger partial charge in [0.05, 0.1) is 12.0 Å². The number of oxime groups is 1. The summed E-state index contributed by atoms with van der Waals surface area (Å²) in [7, 11) is 0. The van der Waals surface area contributed by atoms with Crippen LogP contribution in [-0.4, -0.2) is 56.2 Å². The Morgan fingerprint density at radius 1 is 1.18 bits per heavy atom. The van der Waals surface area contributed by atoms with Crippen molar-refractivity contribution in [3.8, 4) is 0 Å². The van der Waals surface area contributed by atoms with Crippen molar-refractivity contribution < 1.29 is 58.3 Å². The van der Waals surface area contributed by atoms with Crippen molar-refractivity contribution >= 4 is 35.3 Å². The summed E-state index contributed by atoms with van der Waals surface area (Å²) in [6.45, 7) is 5.63. The van der Waals surface area contributed by atoms with E-state index in [9.17, 15) is 23.9 Å². The van der Waals surface area contributed by atoms with Gasteiger partial charge in [-0.15, -0.1) is 11.8 Å². The fourth-order valence-corrected chi connectivity index (χ4v) is 7.42. The molecule has 3 aliphatic rings. The van der Waals surface area contributed by atoms with Crippen molar-refractivity contribution in [1.29, 1.82) is 0 Å². The maximum absolute atomic E-state index is 14.8. The molecule has 3 fully saturated rings. The molecule has 0 spiro atoms. The van der Waals surface area contributed by atoms with E-state index < -0.39 is 51.4 Å². The second kappa shape index (κ2) is 13.4. The first-order valence-electron chi connectivity index (χ1n) is 13.6. The predicted molar refractivity (Wildman–Crippen MR) is 142 cm³/mol. The number of fused-ring (bicyclic) bond motifs is 1. The third-order valence-electron chi connectivity index (χ3n) is 7.88. The largest absolute Gasteiger partial charge is 1.00 e. The van der Waals surface area contributed by atoms with Crippen LogP contribution in [0.25, 0.3) is 0 Å². The van der Waals surface area contributed by atoms with Gasteiger partial charge in [-0.3, -0.25) is 9.59 Å². The van der Waals surface area contributed by atoms with Gasteiger partial charge >= 0.3 is 29.6 Å². The zero-order chi connectivity index (χ0) is 27.5. The van der Waals surface area contributed by atoms with E-state index in [0.717, 1.165) is 44.9 Å². The minimum atomic E-state index is -1.33. The molecule has 0 radical (unpaired) electrons. The fraction of sp³-hybridized carbons (Fsp3) is 0.643. The number of amides is 2. The number of nitrogens with one attached hydrogen (secondary N) is 1. The molecule has 1 saturated carbocycles. The molecule has 2 heterocycles. The van der Waals surface area contributed by atoms with Crippen molar-refractivity contribution in [2.24, 2.45) is 5.16 Å². The molecule has 2 aliphatic heterocycles. The van der Waals surface area contributed by atoms with E-state index in [0.29, 0.717) is 0 Å². The molecule has 2 amide bonds. The quantitative estimate of drug-likeness (QED) is 0.129. The molecule has 11 heteroatoms. The molecule has 1 aliphatic carbocycles. The van der Waals surface area contributed by atoms with E-state index in [1.807, 2.05) is 0 Å². The third-order valence-corrected chi connectivity index (χ3v) is 9.45. The monoisotopic (exact) mass is 569 g/mol. The number of aliphatic carboxylic acids is 1. The fourth-order valence-electron chi connectivity index (χ4n) is 5.80. The Kier molecular flexibility index (Phi) is 10.9. The maximum atomic E-state index is 14.8. The molecule has 1 aromatic carbocycles. The molecular formula is C28H37FN3NaO5S. The summed E-state index contributed by atoms with van der Waals surface area (Å²) in [6.07, 6.45) is 10.1. The topological polar surface area (TPSA) is 111 Å². The summed E-state index contributed by atoms with van der Waals surface area (Å²) in [6, 6.07) is 3.78. The van der Waals surface area contributed by atoms with Gasteiger partial charge < -0.3 is 25.0 Å². The van der Waals surface area contributed by atoms with Crippen LogP contribution in [0.15, 0.2) is 29.4 Å². The number of halogens is 1. The van der Waals surface area contributed by atoms with Crippen LogP contribution in [0.2, 0.25) is 0 Å². The van der Waals surface area contributed by atoms with Crippen LogP contribution in [0.3, 0.4) is 0 Å². The number of carboxylic acids is 1. The molecule has 0 bridgehead atoms. The second-order valence-corrected chi connectivity index (χ2v) is 12.9. The van der Waals surface area contributed by atoms with E-state index >= 15 is 0 Å². The first-order chi connectivity index (χ1) is 18.1. The van der Waals surface area contributed by atoms with Crippen LogP contribution in [0.5, 0.6) is 0 Å². The van der Waals surface area contributed by atoms with Gasteiger partial charge in [-0.25, -0.2) is 4.39 Å². The number of β-lactam (4-membered cyclic amide) rings is 1. The van der Waals surface area contributed by atoms with Crippen LogP contribution < -0.4 is 40.0 Å². The zero-order valence-electron chi connectivity index (χ0n) is 23.3. The summed E-state index contributed by atoms with van der Waals surface area (Å²) < 4.78 is 14.0. The Balaban J connectivity index is 0.00000420. The van der Waals surface area contributed by atoms with E-state index in [-0.39, 0.29) is 40.8 Å². The van der Waals surface area contributed by atoms with Crippen molar-refractivity contribution in [3.05, 3.63) is 35.6 Å². The summed E-state index contributed by atoms with van der Waals surface area (Å²) >= 11 is 1.29. The number of hydrogen-bond acceptors (Lipinski definition) is 7. The minimum absolute atomic E-state index is 0. The van der Waals surface area contributed by atoms with Crippen LogP contribution in [0.4, 0.5) is 4.39 Å². The van der Waals surface area contributed by atoms with E-state index in [2.05, 4.69) is 17.4 Å². The molecule has 1 N–H and O–H groups in total. The zero-order valence-corrected chi connectivity index (χ0v) is 26.2. The molecule has 39 heavy (non-hydrogen) atoms. The SMILES string of the molecule is CCCCCCCC1(O/N=C(\C(=O)N[C@H]2C(=O)N3[C@@H]2SC(C)(C)[C@@H]3C(=O)[O-])c2ccccc2F)CCCC1.[Na+]. The summed E-state index contributed by atoms with van der Waals surface area (Å²) in [5.41, 5.74) is -0.735. The van der Waals surface area contributed by atoms with Gasteiger partial charge in [0.15, 0.2) is 5.71 Å². The summed E-state index contributed by atoms with van der Waals surface area (Å²) in [5, 5.41) is 18.1. The average Bonchev–Trinajstić information content (AvgIpc) is 3.44. The molecule has 0 aromatic heterocycles. The van der Waals surface area contributed by atoms with Crippen LogP contribution in [0.1, 0.15) is 90.5 Å². The predicted octanol–water partition coefficient (Wildman–Crippen LogP) is 0.521. The first kappa shape index (κ1) is 31.9. The smallest absolute Gasteiger partial charge is 0.548 e. The summed E-state index contributed by atoms with van der Waals surface area (Å²) in [5.74, 6) is -3.20. The normalized spacial score (nSPS) is 24.9. The number of carboxylic acid groups (broad SMARTS) is 1. The van der Waals surface area contributed by atoms with Crippen molar-refractivity contribution in [2.45, 2.75) is 113 Å². The van der Waals surface area contributed by atoms with Crippen molar-refractivity contribution in [1.82, 2.24) is 10.2 Å². The van der Waals surface area contributed by atoms with Crippen molar-refractivity contribution in [3.63, 3.8) is 0 Å². The van der Waals surface area contributed by atoms with Gasteiger partial charge in [0.1, 0.15) is 22.8 Å². The Morgan fingerprint density at radius 2 is 1.85 bits per heavy atom. The molecular weight excluding hydrogens is 532 g/mol. The van der Waals surface area contributed by atoms with Gasteiger partial charge in [0.2, 0.25) is 5.91 Å². The molecule has 1 aromatic rings. The van der Waals surface area contributed by atoms with Crippen LogP contribution in [-0.2, 0) is 19.2 Å². The van der Waals surface area contributed by atoms with Gasteiger partial charge in [-0.2, -0.15) is 0 Å². The van der Waals surface area contributed by atoms with E-state index in [1.165, 1.54) is 54.1 Å². The van der Waals surface area contributed by atoms with Gasteiger partial charge in [0.25, 0.3) is 5.91 Å². The van der Waals surface area contributed by atoms with E-state index in [1.54, 1.807) is 19.9 Å². The molecule has 3 atom stereocenters. The van der Waals surface area contributed by atoms with Crippen LogP contribution >= 0.6 is 11.8 Å².